The van der Waals surface area contributed by atoms with Crippen molar-refractivity contribution in [2.75, 3.05) is 7.11 Å². The molecule has 1 fully saturated rings. The lowest BCUT2D eigenvalue weighted by molar-refractivity contribution is 0.120. The quantitative estimate of drug-likeness (QED) is 0.768. The number of rotatable bonds is 4. The largest absolute Gasteiger partial charge is 0.507 e. The van der Waals surface area contributed by atoms with Crippen LogP contribution in [0.2, 0.25) is 0 Å². The van der Waals surface area contributed by atoms with Crippen LogP contribution in [0.5, 0.6) is 11.5 Å². The van der Waals surface area contributed by atoms with Gasteiger partial charge in [0.25, 0.3) is 0 Å². The second-order valence-corrected chi connectivity index (χ2v) is 4.25. The van der Waals surface area contributed by atoms with Crippen LogP contribution < -0.4 is 10.5 Å². The lowest BCUT2D eigenvalue weighted by Crippen LogP contribution is -2.28. The number of nitrogens with two attached hydrogens (primary N) is 1. The van der Waals surface area contributed by atoms with Gasteiger partial charge in [-0.25, -0.2) is 0 Å². The molecular weight excluding hydrogens is 242 g/mol. The van der Waals surface area contributed by atoms with E-state index in [0.29, 0.717) is 11.3 Å². The van der Waals surface area contributed by atoms with Gasteiger partial charge in [-0.05, 0) is 30.9 Å². The first-order valence-electron chi connectivity index (χ1n) is 5.44. The summed E-state index contributed by atoms with van der Waals surface area (Å²) in [5.74, 6) is 0.859. The Labute approximate surface area is 107 Å². The van der Waals surface area contributed by atoms with Crippen molar-refractivity contribution in [3.8, 4) is 11.5 Å². The van der Waals surface area contributed by atoms with Gasteiger partial charge >= 0.3 is 0 Å². The summed E-state index contributed by atoms with van der Waals surface area (Å²) in [5.41, 5.74) is 6.46. The van der Waals surface area contributed by atoms with Gasteiger partial charge in [0.15, 0.2) is 0 Å². The van der Waals surface area contributed by atoms with Crippen molar-refractivity contribution in [3.63, 3.8) is 0 Å². The predicted octanol–water partition coefficient (Wildman–Crippen LogP) is 1.59. The number of aliphatic hydroxyl groups is 1. The first-order chi connectivity index (χ1) is 7.65. The van der Waals surface area contributed by atoms with Crippen LogP contribution in [0.25, 0.3) is 0 Å². The molecule has 1 aliphatic carbocycles. The summed E-state index contributed by atoms with van der Waals surface area (Å²) in [6.45, 7) is 0. The maximum Gasteiger partial charge on any atom is 0.127 e. The van der Waals surface area contributed by atoms with Gasteiger partial charge < -0.3 is 20.7 Å². The number of benzene rings is 1. The lowest BCUT2D eigenvalue weighted by atomic mass is 9.97. The minimum atomic E-state index is -0.609. The Morgan fingerprint density at radius 3 is 2.59 bits per heavy atom. The van der Waals surface area contributed by atoms with E-state index in [0.717, 1.165) is 12.8 Å². The van der Waals surface area contributed by atoms with E-state index in [1.165, 1.54) is 7.11 Å². The first kappa shape index (κ1) is 14.1. The molecule has 4 N–H and O–H groups in total. The Morgan fingerprint density at radius 2 is 2.06 bits per heavy atom. The molecule has 0 aromatic heterocycles. The molecule has 1 saturated carbocycles. The Hall–Kier alpha value is -0.970. The molecule has 0 amide bonds. The molecule has 0 radical (unpaired) electrons. The minimum absolute atomic E-state index is 0. The zero-order chi connectivity index (χ0) is 11.7. The Kier molecular flexibility index (Phi) is 4.62. The maximum absolute atomic E-state index is 9.96. The molecule has 17 heavy (non-hydrogen) atoms. The molecule has 4 nitrogen and oxygen atoms in total. The van der Waals surface area contributed by atoms with Crippen LogP contribution >= 0.6 is 12.4 Å². The highest BCUT2D eigenvalue weighted by Crippen LogP contribution is 2.41. The third kappa shape index (κ3) is 2.83. The number of hydrogen-bond donors (Lipinski definition) is 3. The monoisotopic (exact) mass is 259 g/mol. The Bertz CT molecular complexity index is 382. The highest BCUT2D eigenvalue weighted by Gasteiger charge is 2.36. The van der Waals surface area contributed by atoms with Gasteiger partial charge in [-0.1, -0.05) is 6.07 Å². The third-order valence-corrected chi connectivity index (χ3v) is 3.07. The zero-order valence-corrected chi connectivity index (χ0v) is 10.5. The number of ether oxygens (including phenoxy) is 1. The molecule has 2 atom stereocenters. The predicted molar refractivity (Wildman–Crippen MR) is 67.6 cm³/mol. The fourth-order valence-corrected chi connectivity index (χ4v) is 1.95. The van der Waals surface area contributed by atoms with Crippen LogP contribution in [0.15, 0.2) is 18.2 Å². The van der Waals surface area contributed by atoms with Gasteiger partial charge in [-0.3, -0.25) is 0 Å². The van der Waals surface area contributed by atoms with E-state index >= 15 is 0 Å². The average Bonchev–Trinajstić information content (AvgIpc) is 3.10. The minimum Gasteiger partial charge on any atom is -0.507 e. The molecule has 0 spiro atoms. The number of halogens is 1. The van der Waals surface area contributed by atoms with Crippen molar-refractivity contribution in [1.29, 1.82) is 0 Å². The van der Waals surface area contributed by atoms with Gasteiger partial charge in [0, 0.05) is 0 Å². The van der Waals surface area contributed by atoms with Gasteiger partial charge in [-0.15, -0.1) is 12.4 Å². The molecule has 0 saturated heterocycles. The van der Waals surface area contributed by atoms with E-state index in [2.05, 4.69) is 0 Å². The molecule has 0 heterocycles. The normalized spacial score (nSPS) is 18.1. The molecule has 0 aliphatic heterocycles. The summed E-state index contributed by atoms with van der Waals surface area (Å²) >= 11 is 0. The number of hydrogen-bond acceptors (Lipinski definition) is 4. The molecule has 5 heteroatoms. The van der Waals surface area contributed by atoms with E-state index < -0.39 is 12.1 Å². The number of aliphatic hydroxyl groups excluding tert-OH is 1. The number of methoxy groups -OCH3 is 1. The van der Waals surface area contributed by atoms with Crippen LogP contribution in [0.1, 0.15) is 24.4 Å². The highest BCUT2D eigenvalue weighted by molar-refractivity contribution is 5.85. The summed E-state index contributed by atoms with van der Waals surface area (Å²) in [6, 6.07) is 4.38. The second kappa shape index (κ2) is 5.58. The van der Waals surface area contributed by atoms with Crippen molar-refractivity contribution in [1.82, 2.24) is 0 Å². The molecular formula is C12H18ClNO3. The van der Waals surface area contributed by atoms with Crippen molar-refractivity contribution in [2.24, 2.45) is 11.7 Å². The van der Waals surface area contributed by atoms with E-state index in [-0.39, 0.29) is 24.1 Å². The van der Waals surface area contributed by atoms with Crippen LogP contribution in [0.3, 0.4) is 0 Å². The fourth-order valence-electron chi connectivity index (χ4n) is 1.95. The number of aromatic hydroxyl groups is 1. The van der Waals surface area contributed by atoms with Crippen LogP contribution in [0.4, 0.5) is 0 Å². The molecule has 1 aromatic carbocycles. The van der Waals surface area contributed by atoms with E-state index in [9.17, 15) is 10.2 Å². The van der Waals surface area contributed by atoms with Crippen molar-refractivity contribution >= 4 is 12.4 Å². The smallest absolute Gasteiger partial charge is 0.127 e. The molecule has 96 valence electrons. The SMILES string of the molecule is COc1cccc(O)c1[C@@H](N)[C@@H](O)C1CC1.Cl. The van der Waals surface area contributed by atoms with E-state index in [1.54, 1.807) is 18.2 Å². The van der Waals surface area contributed by atoms with Crippen LogP contribution in [-0.4, -0.2) is 23.4 Å². The van der Waals surface area contributed by atoms with Gasteiger partial charge in [0.05, 0.1) is 24.8 Å². The van der Waals surface area contributed by atoms with Gasteiger partial charge in [0.2, 0.25) is 0 Å². The molecule has 0 bridgehead atoms. The fraction of sp³-hybridized carbons (Fsp3) is 0.500. The second-order valence-electron chi connectivity index (χ2n) is 4.25. The number of phenolic OH excluding ortho intramolecular Hbond substituents is 1. The summed E-state index contributed by atoms with van der Waals surface area (Å²) in [7, 11) is 1.52. The number of phenols is 1. The highest BCUT2D eigenvalue weighted by atomic mass is 35.5. The third-order valence-electron chi connectivity index (χ3n) is 3.07. The molecule has 1 aliphatic rings. The van der Waals surface area contributed by atoms with Gasteiger partial charge in [-0.2, -0.15) is 0 Å². The average molecular weight is 260 g/mol. The van der Waals surface area contributed by atoms with E-state index in [1.807, 2.05) is 0 Å². The van der Waals surface area contributed by atoms with Crippen molar-refractivity contribution in [3.05, 3.63) is 23.8 Å². The molecule has 2 rings (SSSR count). The standard InChI is InChI=1S/C12H17NO3.ClH/c1-16-9-4-2-3-8(14)10(9)11(13)12(15)7-5-6-7;/h2-4,7,11-12,14-15H,5-6,13H2,1H3;1H/t11-,12+;/m1./s1. The van der Waals surface area contributed by atoms with Crippen molar-refractivity contribution < 1.29 is 14.9 Å². The lowest BCUT2D eigenvalue weighted by Gasteiger charge is -2.21. The summed E-state index contributed by atoms with van der Waals surface area (Å²) in [4.78, 5) is 0. The summed E-state index contributed by atoms with van der Waals surface area (Å²) in [5, 5.41) is 19.7. The molecule has 0 unspecified atom stereocenters. The Morgan fingerprint density at radius 1 is 1.41 bits per heavy atom. The zero-order valence-electron chi connectivity index (χ0n) is 9.67. The molecule has 1 aromatic rings. The maximum atomic E-state index is 9.96. The van der Waals surface area contributed by atoms with Crippen molar-refractivity contribution in [2.45, 2.75) is 25.0 Å². The summed E-state index contributed by atoms with van der Waals surface area (Å²) < 4.78 is 5.15. The summed E-state index contributed by atoms with van der Waals surface area (Å²) in [6.07, 6.45) is 1.40. The Balaban J connectivity index is 0.00000144. The topological polar surface area (TPSA) is 75.7 Å². The first-order valence-corrected chi connectivity index (χ1v) is 5.44. The van der Waals surface area contributed by atoms with E-state index in [4.69, 9.17) is 10.5 Å². The van der Waals surface area contributed by atoms with Gasteiger partial charge in [0.1, 0.15) is 11.5 Å². The van der Waals surface area contributed by atoms with Crippen LogP contribution in [0, 0.1) is 5.92 Å². The van der Waals surface area contributed by atoms with Crippen LogP contribution in [-0.2, 0) is 0 Å².